The van der Waals surface area contributed by atoms with Crippen LogP contribution in [0, 0.1) is 40.7 Å². The van der Waals surface area contributed by atoms with Crippen molar-refractivity contribution in [3.05, 3.63) is 46.0 Å². The number of nitro benzene ring substituents is 1. The largest absolute Gasteiger partial charge is 0.326 e. The number of carbonyl (C=O) groups is 3. The minimum Gasteiger partial charge on any atom is -0.326 e. The van der Waals surface area contributed by atoms with Crippen LogP contribution in [0.5, 0.6) is 0 Å². The lowest BCUT2D eigenvalue weighted by Crippen LogP contribution is -2.35. The maximum Gasteiger partial charge on any atom is 0.274 e. The van der Waals surface area contributed by atoms with Crippen molar-refractivity contribution in [1.82, 2.24) is 4.90 Å². The summed E-state index contributed by atoms with van der Waals surface area (Å²) in [7, 11) is 0. The van der Waals surface area contributed by atoms with Crippen LogP contribution < -0.4 is 5.32 Å². The summed E-state index contributed by atoms with van der Waals surface area (Å²) in [4.78, 5) is 49.0. The van der Waals surface area contributed by atoms with Gasteiger partial charge >= 0.3 is 0 Å². The Morgan fingerprint density at radius 1 is 1.22 bits per heavy atom. The first-order valence-corrected chi connectivity index (χ1v) is 8.95. The number of hydrogen-bond donors (Lipinski definition) is 1. The Labute approximate surface area is 155 Å². The number of imide groups is 1. The zero-order valence-corrected chi connectivity index (χ0v) is 14.8. The van der Waals surface area contributed by atoms with Crippen molar-refractivity contribution in [1.29, 1.82) is 0 Å². The first-order chi connectivity index (χ1) is 12.9. The Balaban J connectivity index is 1.38. The van der Waals surface area contributed by atoms with Crippen molar-refractivity contribution in [2.75, 3.05) is 11.9 Å². The van der Waals surface area contributed by atoms with Crippen molar-refractivity contribution < 1.29 is 19.3 Å². The Morgan fingerprint density at radius 2 is 1.85 bits per heavy atom. The number of anilines is 1. The molecule has 8 nitrogen and oxygen atoms in total. The fraction of sp³-hybridized carbons (Fsp3) is 0.421. The molecule has 27 heavy (non-hydrogen) atoms. The predicted octanol–water partition coefficient (Wildman–Crippen LogP) is 2.04. The highest BCUT2D eigenvalue weighted by atomic mass is 16.6. The standard InChI is InChI=1S/C19H19N3O5/c1-10-2-5-13(9-14(10)22(26)27)20-15(23)6-7-21-18(24)16-11-3-4-12(8-11)17(16)19(21)25/h2-5,9,11-12,16-17H,6-8H2,1H3,(H,20,23)/t11-,12-,16+,17+/m0/s1. The highest BCUT2D eigenvalue weighted by molar-refractivity contribution is 6.06. The number of likely N-dealkylation sites (tertiary alicyclic amines) is 1. The normalized spacial score (nSPS) is 28.0. The molecule has 8 heteroatoms. The highest BCUT2D eigenvalue weighted by Crippen LogP contribution is 2.52. The van der Waals surface area contributed by atoms with Crippen molar-refractivity contribution in [3.63, 3.8) is 0 Å². The van der Waals surface area contributed by atoms with Crippen LogP contribution in [0.4, 0.5) is 11.4 Å². The first kappa shape index (κ1) is 17.4. The van der Waals surface area contributed by atoms with E-state index in [2.05, 4.69) is 5.32 Å². The second kappa shape index (κ2) is 6.29. The van der Waals surface area contributed by atoms with Gasteiger partial charge in [-0.05, 0) is 31.2 Å². The van der Waals surface area contributed by atoms with Crippen molar-refractivity contribution in [2.24, 2.45) is 23.7 Å². The summed E-state index contributed by atoms with van der Waals surface area (Å²) in [5.74, 6) is -1.01. The molecule has 4 rings (SSSR count). The molecule has 4 atom stereocenters. The molecule has 1 saturated carbocycles. The SMILES string of the molecule is Cc1ccc(NC(=O)CCN2C(=O)[C@H]3[C@H](C2=O)[C@H]2C=C[C@H]3C2)cc1[N+](=O)[O-]. The number of nitro groups is 1. The van der Waals surface area contributed by atoms with Gasteiger partial charge in [-0.3, -0.25) is 29.4 Å². The van der Waals surface area contributed by atoms with Crippen LogP contribution in [0.2, 0.25) is 0 Å². The van der Waals surface area contributed by atoms with Gasteiger partial charge in [0.25, 0.3) is 5.69 Å². The lowest BCUT2D eigenvalue weighted by atomic mass is 9.85. The maximum atomic E-state index is 12.6. The predicted molar refractivity (Wildman–Crippen MR) is 95.5 cm³/mol. The summed E-state index contributed by atoms with van der Waals surface area (Å²) in [5, 5.41) is 13.6. The smallest absolute Gasteiger partial charge is 0.274 e. The van der Waals surface area contributed by atoms with Gasteiger partial charge in [-0.15, -0.1) is 0 Å². The quantitative estimate of drug-likeness (QED) is 0.370. The number of benzene rings is 1. The number of nitrogens with one attached hydrogen (secondary N) is 1. The number of fused-ring (bicyclic) bond motifs is 5. The van der Waals surface area contributed by atoms with Crippen LogP contribution in [0.3, 0.4) is 0 Å². The van der Waals surface area contributed by atoms with E-state index < -0.39 is 10.8 Å². The average Bonchev–Trinajstić information content (AvgIpc) is 3.29. The molecule has 140 valence electrons. The summed E-state index contributed by atoms with van der Waals surface area (Å²) in [6, 6.07) is 4.44. The van der Waals surface area contributed by atoms with Crippen molar-refractivity contribution in [3.8, 4) is 0 Å². The number of hydrogen-bond acceptors (Lipinski definition) is 5. The molecule has 1 N–H and O–H groups in total. The third-order valence-electron chi connectivity index (χ3n) is 5.81. The monoisotopic (exact) mass is 369 g/mol. The Bertz CT molecular complexity index is 863. The molecular formula is C19H19N3O5. The van der Waals surface area contributed by atoms with E-state index in [4.69, 9.17) is 0 Å². The molecule has 1 saturated heterocycles. The second-order valence-corrected chi connectivity index (χ2v) is 7.38. The van der Waals surface area contributed by atoms with E-state index in [1.54, 1.807) is 19.1 Å². The van der Waals surface area contributed by atoms with Crippen LogP contribution in [-0.4, -0.2) is 34.1 Å². The van der Waals surface area contributed by atoms with E-state index >= 15 is 0 Å². The molecule has 1 aromatic rings. The van der Waals surface area contributed by atoms with Gasteiger partial charge in [0.2, 0.25) is 17.7 Å². The number of aryl methyl sites for hydroxylation is 1. The summed E-state index contributed by atoms with van der Waals surface area (Å²) in [5.41, 5.74) is 0.741. The Kier molecular flexibility index (Phi) is 4.05. The molecule has 3 amide bonds. The maximum absolute atomic E-state index is 12.6. The van der Waals surface area contributed by atoms with E-state index in [1.807, 2.05) is 12.2 Å². The summed E-state index contributed by atoms with van der Waals surface area (Å²) < 4.78 is 0. The number of nitrogens with zero attached hydrogens (tertiary/aromatic N) is 2. The number of carbonyl (C=O) groups excluding carboxylic acids is 3. The molecule has 0 aromatic heterocycles. The van der Waals surface area contributed by atoms with E-state index in [0.717, 1.165) is 6.42 Å². The molecule has 1 aliphatic heterocycles. The fourth-order valence-electron chi connectivity index (χ4n) is 4.51. The number of amides is 3. The molecule has 1 heterocycles. The molecule has 3 aliphatic rings. The van der Waals surface area contributed by atoms with E-state index in [9.17, 15) is 24.5 Å². The summed E-state index contributed by atoms with van der Waals surface area (Å²) >= 11 is 0. The summed E-state index contributed by atoms with van der Waals surface area (Å²) in [6.07, 6.45) is 4.88. The molecule has 0 spiro atoms. The van der Waals surface area contributed by atoms with E-state index in [0.29, 0.717) is 11.3 Å². The summed E-state index contributed by atoms with van der Waals surface area (Å²) in [6.45, 7) is 1.65. The first-order valence-electron chi connectivity index (χ1n) is 8.95. The van der Waals surface area contributed by atoms with Crippen molar-refractivity contribution >= 4 is 29.1 Å². The third-order valence-corrected chi connectivity index (χ3v) is 5.81. The van der Waals surface area contributed by atoms with E-state index in [1.165, 1.54) is 11.0 Å². The van der Waals surface area contributed by atoms with Gasteiger partial charge in [0.1, 0.15) is 0 Å². The second-order valence-electron chi connectivity index (χ2n) is 7.38. The van der Waals surface area contributed by atoms with Gasteiger partial charge in [0.05, 0.1) is 16.8 Å². The zero-order valence-electron chi connectivity index (χ0n) is 14.8. The molecule has 2 fully saturated rings. The third kappa shape index (κ3) is 2.81. The van der Waals surface area contributed by atoms with Gasteiger partial charge in [0, 0.05) is 30.3 Å². The van der Waals surface area contributed by atoms with Crippen LogP contribution in [0.15, 0.2) is 30.4 Å². The Morgan fingerprint density at radius 3 is 2.44 bits per heavy atom. The number of allylic oxidation sites excluding steroid dienone is 2. The molecule has 0 unspecified atom stereocenters. The minimum absolute atomic E-state index is 0.0316. The van der Waals surface area contributed by atoms with Gasteiger partial charge < -0.3 is 5.32 Å². The lowest BCUT2D eigenvalue weighted by molar-refractivity contribution is -0.385. The molecule has 0 radical (unpaired) electrons. The van der Waals surface area contributed by atoms with Crippen LogP contribution in [-0.2, 0) is 14.4 Å². The number of rotatable bonds is 5. The lowest BCUT2D eigenvalue weighted by Gasteiger charge is -2.17. The Hall–Kier alpha value is -3.03. The fourth-order valence-corrected chi connectivity index (χ4v) is 4.51. The highest BCUT2D eigenvalue weighted by Gasteiger charge is 2.58. The van der Waals surface area contributed by atoms with Gasteiger partial charge in [-0.1, -0.05) is 18.2 Å². The van der Waals surface area contributed by atoms with Crippen LogP contribution >= 0.6 is 0 Å². The van der Waals surface area contributed by atoms with Crippen molar-refractivity contribution in [2.45, 2.75) is 19.8 Å². The molecule has 2 aliphatic carbocycles. The van der Waals surface area contributed by atoms with Crippen LogP contribution in [0.25, 0.3) is 0 Å². The molecule has 2 bridgehead atoms. The van der Waals surface area contributed by atoms with Crippen LogP contribution in [0.1, 0.15) is 18.4 Å². The topological polar surface area (TPSA) is 110 Å². The average molecular weight is 369 g/mol. The molecular weight excluding hydrogens is 350 g/mol. The molecule has 1 aromatic carbocycles. The van der Waals surface area contributed by atoms with E-state index in [-0.39, 0.29) is 54.1 Å². The van der Waals surface area contributed by atoms with Gasteiger partial charge in [-0.2, -0.15) is 0 Å². The van der Waals surface area contributed by atoms with Gasteiger partial charge in [-0.25, -0.2) is 0 Å². The minimum atomic E-state index is -0.506. The zero-order chi connectivity index (χ0) is 19.3. The van der Waals surface area contributed by atoms with Gasteiger partial charge in [0.15, 0.2) is 0 Å².